The maximum atomic E-state index is 11.6. The molecule has 0 aliphatic heterocycles. The van der Waals surface area contributed by atoms with Crippen molar-refractivity contribution in [2.75, 3.05) is 13.1 Å². The van der Waals surface area contributed by atoms with Gasteiger partial charge in [0.15, 0.2) is 0 Å². The zero-order valence-electron chi connectivity index (χ0n) is 10.1. The number of amides is 1. The van der Waals surface area contributed by atoms with Crippen molar-refractivity contribution in [3.63, 3.8) is 0 Å². The summed E-state index contributed by atoms with van der Waals surface area (Å²) in [4.78, 5) is 13.0. The third-order valence-electron chi connectivity index (χ3n) is 3.13. The smallest absolute Gasteiger partial charge is 0.234 e. The standard InChI is InChI=1S/C13H20N2OS/c16-13(15-11-4-1-2-5-11)10-14-8-7-12-6-3-9-17-12/h3,6,9,11,14H,1-2,4-5,7-8,10H2,(H,15,16). The fourth-order valence-corrected chi connectivity index (χ4v) is 2.93. The van der Waals surface area contributed by atoms with Crippen LogP contribution >= 0.6 is 11.3 Å². The minimum absolute atomic E-state index is 0.142. The van der Waals surface area contributed by atoms with Gasteiger partial charge in [0.25, 0.3) is 0 Å². The fraction of sp³-hybridized carbons (Fsp3) is 0.615. The number of hydrogen-bond donors (Lipinski definition) is 2. The van der Waals surface area contributed by atoms with Crippen LogP contribution in [0.3, 0.4) is 0 Å². The molecule has 94 valence electrons. The van der Waals surface area contributed by atoms with Crippen LogP contribution in [0, 0.1) is 0 Å². The normalized spacial score (nSPS) is 16.2. The Labute approximate surface area is 107 Å². The minimum atomic E-state index is 0.142. The van der Waals surface area contributed by atoms with Crippen molar-refractivity contribution in [1.29, 1.82) is 0 Å². The summed E-state index contributed by atoms with van der Waals surface area (Å²) in [5.74, 6) is 0.142. The number of rotatable bonds is 6. The Morgan fingerprint density at radius 3 is 2.94 bits per heavy atom. The van der Waals surface area contributed by atoms with Gasteiger partial charge in [-0.15, -0.1) is 11.3 Å². The van der Waals surface area contributed by atoms with Gasteiger partial charge >= 0.3 is 0 Å². The van der Waals surface area contributed by atoms with Crippen molar-refractivity contribution in [3.8, 4) is 0 Å². The first-order valence-corrected chi connectivity index (χ1v) is 7.25. The van der Waals surface area contributed by atoms with Crippen LogP contribution in [0.15, 0.2) is 17.5 Å². The van der Waals surface area contributed by atoms with Crippen LogP contribution in [-0.2, 0) is 11.2 Å². The molecule has 1 saturated carbocycles. The van der Waals surface area contributed by atoms with Crippen molar-refractivity contribution in [1.82, 2.24) is 10.6 Å². The largest absolute Gasteiger partial charge is 0.352 e. The average Bonchev–Trinajstić information content (AvgIpc) is 2.96. The first kappa shape index (κ1) is 12.6. The molecule has 1 fully saturated rings. The van der Waals surface area contributed by atoms with Gasteiger partial charge < -0.3 is 10.6 Å². The highest BCUT2D eigenvalue weighted by Crippen LogP contribution is 2.17. The highest BCUT2D eigenvalue weighted by atomic mass is 32.1. The predicted octanol–water partition coefficient (Wildman–Crippen LogP) is 1.94. The number of carbonyl (C=O) groups is 1. The van der Waals surface area contributed by atoms with E-state index in [1.807, 2.05) is 0 Å². The fourth-order valence-electron chi connectivity index (χ4n) is 2.22. The summed E-state index contributed by atoms with van der Waals surface area (Å²) in [7, 11) is 0. The summed E-state index contributed by atoms with van der Waals surface area (Å²) in [5, 5.41) is 8.35. The molecule has 1 heterocycles. The lowest BCUT2D eigenvalue weighted by atomic mass is 10.2. The van der Waals surface area contributed by atoms with E-state index in [1.54, 1.807) is 11.3 Å². The van der Waals surface area contributed by atoms with Gasteiger partial charge in [-0.05, 0) is 30.7 Å². The number of hydrogen-bond acceptors (Lipinski definition) is 3. The summed E-state index contributed by atoms with van der Waals surface area (Å²) in [6.45, 7) is 1.32. The second-order valence-corrected chi connectivity index (χ2v) is 5.59. The summed E-state index contributed by atoms with van der Waals surface area (Å²) in [6.07, 6.45) is 5.84. The molecule has 1 aromatic heterocycles. The van der Waals surface area contributed by atoms with E-state index in [0.717, 1.165) is 25.8 Å². The lowest BCUT2D eigenvalue weighted by molar-refractivity contribution is -0.120. The SMILES string of the molecule is O=C(CNCCc1cccs1)NC1CCCC1. The van der Waals surface area contributed by atoms with E-state index in [1.165, 1.54) is 17.7 Å². The van der Waals surface area contributed by atoms with Crippen molar-refractivity contribution >= 4 is 17.2 Å². The van der Waals surface area contributed by atoms with E-state index in [0.29, 0.717) is 12.6 Å². The molecule has 1 aromatic rings. The van der Waals surface area contributed by atoms with Gasteiger partial charge in [-0.3, -0.25) is 4.79 Å². The molecule has 3 nitrogen and oxygen atoms in total. The summed E-state index contributed by atoms with van der Waals surface area (Å²) in [5.41, 5.74) is 0. The molecular formula is C13H20N2OS. The van der Waals surface area contributed by atoms with Crippen LogP contribution < -0.4 is 10.6 Å². The molecule has 17 heavy (non-hydrogen) atoms. The Hall–Kier alpha value is -0.870. The number of thiophene rings is 1. The Morgan fingerprint density at radius 1 is 1.41 bits per heavy atom. The maximum absolute atomic E-state index is 11.6. The Bertz CT molecular complexity index is 331. The first-order valence-electron chi connectivity index (χ1n) is 6.37. The summed E-state index contributed by atoms with van der Waals surface area (Å²) >= 11 is 1.77. The third kappa shape index (κ3) is 4.48. The second kappa shape index (κ2) is 6.77. The topological polar surface area (TPSA) is 41.1 Å². The van der Waals surface area contributed by atoms with Crippen LogP contribution in [0.4, 0.5) is 0 Å². The van der Waals surface area contributed by atoms with Crippen molar-refractivity contribution in [2.45, 2.75) is 38.1 Å². The van der Waals surface area contributed by atoms with E-state index in [4.69, 9.17) is 0 Å². The van der Waals surface area contributed by atoms with Gasteiger partial charge in [-0.25, -0.2) is 0 Å². The van der Waals surface area contributed by atoms with Gasteiger partial charge in [0.2, 0.25) is 5.91 Å². The lowest BCUT2D eigenvalue weighted by Gasteiger charge is -2.12. The molecule has 2 N–H and O–H groups in total. The molecule has 1 amide bonds. The summed E-state index contributed by atoms with van der Waals surface area (Å²) < 4.78 is 0. The molecule has 0 atom stereocenters. The third-order valence-corrected chi connectivity index (χ3v) is 4.07. The molecule has 2 rings (SSSR count). The molecule has 1 aliphatic carbocycles. The average molecular weight is 252 g/mol. The molecule has 0 aromatic carbocycles. The van der Waals surface area contributed by atoms with Crippen molar-refractivity contribution in [2.24, 2.45) is 0 Å². The first-order chi connectivity index (χ1) is 8.34. The minimum Gasteiger partial charge on any atom is -0.352 e. The Balaban J connectivity index is 1.53. The van der Waals surface area contributed by atoms with Gasteiger partial charge in [0.05, 0.1) is 6.54 Å². The molecule has 0 spiro atoms. The van der Waals surface area contributed by atoms with E-state index in [2.05, 4.69) is 28.1 Å². The van der Waals surface area contributed by atoms with Crippen molar-refractivity contribution < 1.29 is 4.79 Å². The monoisotopic (exact) mass is 252 g/mol. The number of nitrogens with one attached hydrogen (secondary N) is 2. The Kier molecular flexibility index (Phi) is 5.01. The predicted molar refractivity (Wildman–Crippen MR) is 71.3 cm³/mol. The maximum Gasteiger partial charge on any atom is 0.234 e. The van der Waals surface area contributed by atoms with Gasteiger partial charge in [-0.2, -0.15) is 0 Å². The van der Waals surface area contributed by atoms with Gasteiger partial charge in [-0.1, -0.05) is 18.9 Å². The molecule has 0 unspecified atom stereocenters. The second-order valence-electron chi connectivity index (χ2n) is 4.56. The van der Waals surface area contributed by atoms with Gasteiger partial charge in [0, 0.05) is 17.5 Å². The van der Waals surface area contributed by atoms with E-state index >= 15 is 0 Å². The molecule has 0 bridgehead atoms. The highest BCUT2D eigenvalue weighted by Gasteiger charge is 2.16. The molecule has 0 radical (unpaired) electrons. The van der Waals surface area contributed by atoms with Crippen LogP contribution in [0.2, 0.25) is 0 Å². The van der Waals surface area contributed by atoms with E-state index in [9.17, 15) is 4.79 Å². The Morgan fingerprint density at radius 2 is 2.24 bits per heavy atom. The van der Waals surface area contributed by atoms with E-state index in [-0.39, 0.29) is 5.91 Å². The quantitative estimate of drug-likeness (QED) is 0.760. The van der Waals surface area contributed by atoms with Gasteiger partial charge in [0.1, 0.15) is 0 Å². The van der Waals surface area contributed by atoms with Crippen LogP contribution in [-0.4, -0.2) is 25.0 Å². The van der Waals surface area contributed by atoms with Crippen LogP contribution in [0.5, 0.6) is 0 Å². The summed E-state index contributed by atoms with van der Waals surface area (Å²) in [6, 6.07) is 4.62. The van der Waals surface area contributed by atoms with Crippen molar-refractivity contribution in [3.05, 3.63) is 22.4 Å². The number of carbonyl (C=O) groups excluding carboxylic acids is 1. The molecule has 4 heteroatoms. The molecule has 0 saturated heterocycles. The lowest BCUT2D eigenvalue weighted by Crippen LogP contribution is -2.39. The van der Waals surface area contributed by atoms with Crippen LogP contribution in [0.25, 0.3) is 0 Å². The highest BCUT2D eigenvalue weighted by molar-refractivity contribution is 7.09. The van der Waals surface area contributed by atoms with Crippen LogP contribution in [0.1, 0.15) is 30.6 Å². The zero-order valence-corrected chi connectivity index (χ0v) is 10.9. The van der Waals surface area contributed by atoms with E-state index < -0.39 is 0 Å². The molecule has 1 aliphatic rings. The molecular weight excluding hydrogens is 232 g/mol. The zero-order chi connectivity index (χ0) is 11.9.